The topological polar surface area (TPSA) is 34.9 Å². The van der Waals surface area contributed by atoms with E-state index in [0.717, 1.165) is 27.8 Å². The van der Waals surface area contributed by atoms with Crippen molar-refractivity contribution in [1.82, 2.24) is 9.55 Å². The molecule has 0 N–H and O–H groups in total. The molecule has 1 aromatic carbocycles. The fraction of sp³-hybridized carbons (Fsp3) is 0.231. The van der Waals surface area contributed by atoms with Crippen LogP contribution in [0.2, 0.25) is 0 Å². The largest absolute Gasteiger partial charge is 0.307 e. The molecule has 0 spiro atoms. The second-order valence-electron chi connectivity index (χ2n) is 4.09. The zero-order chi connectivity index (χ0) is 13.2. The van der Waals surface area contributed by atoms with E-state index in [4.69, 9.17) is 0 Å². The third kappa shape index (κ3) is 2.75. The number of hydrogen-bond acceptors (Lipinski definition) is 5. The molecule has 0 aliphatic heterocycles. The van der Waals surface area contributed by atoms with Crippen LogP contribution in [0.3, 0.4) is 0 Å². The van der Waals surface area contributed by atoms with Crippen LogP contribution >= 0.6 is 34.4 Å². The van der Waals surface area contributed by atoms with E-state index in [0.29, 0.717) is 0 Å². The van der Waals surface area contributed by atoms with Crippen molar-refractivity contribution < 1.29 is 0 Å². The van der Waals surface area contributed by atoms with Crippen LogP contribution < -0.4 is 4.87 Å². The first-order valence-corrected chi connectivity index (χ1v) is 8.55. The molecule has 0 atom stereocenters. The monoisotopic (exact) mass is 308 g/mol. The van der Waals surface area contributed by atoms with E-state index in [-0.39, 0.29) is 4.87 Å². The van der Waals surface area contributed by atoms with Gasteiger partial charge in [0.25, 0.3) is 0 Å². The number of para-hydroxylation sites is 1. The van der Waals surface area contributed by atoms with Gasteiger partial charge in [0.15, 0.2) is 4.34 Å². The van der Waals surface area contributed by atoms with Crippen molar-refractivity contribution in [3.8, 4) is 0 Å². The summed E-state index contributed by atoms with van der Waals surface area (Å²) in [5.74, 6) is 0.872. The molecule has 2 aromatic heterocycles. The third-order valence-electron chi connectivity index (χ3n) is 2.79. The summed E-state index contributed by atoms with van der Waals surface area (Å²) in [6.45, 7) is 2.72. The summed E-state index contributed by atoms with van der Waals surface area (Å²) >= 11 is 4.69. The van der Waals surface area contributed by atoms with E-state index in [2.05, 4.69) is 11.1 Å². The molecule has 2 heterocycles. The summed E-state index contributed by atoms with van der Waals surface area (Å²) in [6, 6.07) is 8.15. The van der Waals surface area contributed by atoms with Crippen LogP contribution in [0, 0.1) is 6.92 Å². The second-order valence-corrected chi connectivity index (χ2v) is 7.28. The average Bonchev–Trinajstić information content (AvgIpc) is 2.95. The lowest BCUT2D eigenvalue weighted by molar-refractivity contribution is 0.731. The fourth-order valence-corrected chi connectivity index (χ4v) is 4.64. The van der Waals surface area contributed by atoms with E-state index in [1.54, 1.807) is 23.1 Å². The highest BCUT2D eigenvalue weighted by Gasteiger charge is 2.05. The van der Waals surface area contributed by atoms with Gasteiger partial charge in [-0.25, -0.2) is 4.98 Å². The van der Waals surface area contributed by atoms with Gasteiger partial charge in [-0.2, -0.15) is 0 Å². The molecule has 0 unspecified atom stereocenters. The Labute approximate surface area is 122 Å². The van der Waals surface area contributed by atoms with Crippen LogP contribution in [0.1, 0.15) is 5.69 Å². The quantitative estimate of drug-likeness (QED) is 0.691. The third-order valence-corrected chi connectivity index (χ3v) is 5.83. The summed E-state index contributed by atoms with van der Waals surface area (Å²) in [4.78, 5) is 16.3. The van der Waals surface area contributed by atoms with E-state index in [9.17, 15) is 4.79 Å². The van der Waals surface area contributed by atoms with E-state index in [1.165, 1.54) is 16.0 Å². The lowest BCUT2D eigenvalue weighted by Crippen LogP contribution is -2.15. The lowest BCUT2D eigenvalue weighted by Gasteiger charge is -2.02. The molecule has 19 heavy (non-hydrogen) atoms. The molecule has 0 saturated carbocycles. The molecule has 0 bridgehead atoms. The molecule has 98 valence electrons. The Morgan fingerprint density at radius 2 is 2.21 bits per heavy atom. The Hall–Kier alpha value is -1.11. The Morgan fingerprint density at radius 1 is 1.37 bits per heavy atom. The van der Waals surface area contributed by atoms with Crippen LogP contribution in [-0.2, 0) is 6.54 Å². The Kier molecular flexibility index (Phi) is 3.72. The first-order valence-electron chi connectivity index (χ1n) is 5.87. The van der Waals surface area contributed by atoms with Gasteiger partial charge in [-0.05, 0) is 19.1 Å². The van der Waals surface area contributed by atoms with Gasteiger partial charge in [0.1, 0.15) is 0 Å². The molecular formula is C13H12N2OS3. The number of hydrogen-bond donors (Lipinski definition) is 0. The minimum absolute atomic E-state index is 0.127. The molecule has 0 amide bonds. The lowest BCUT2D eigenvalue weighted by atomic mass is 10.3. The van der Waals surface area contributed by atoms with Crippen LogP contribution in [-0.4, -0.2) is 15.3 Å². The highest BCUT2D eigenvalue weighted by molar-refractivity contribution is 8.01. The molecular weight excluding hydrogens is 296 g/mol. The number of aryl methyl sites for hydroxylation is 1. The van der Waals surface area contributed by atoms with Crippen LogP contribution in [0.5, 0.6) is 0 Å². The summed E-state index contributed by atoms with van der Waals surface area (Å²) in [5.41, 5.74) is 2.10. The fourth-order valence-electron chi connectivity index (χ4n) is 1.81. The zero-order valence-corrected chi connectivity index (χ0v) is 12.8. The first kappa shape index (κ1) is 12.9. The Balaban J connectivity index is 1.68. The number of rotatable bonds is 4. The SMILES string of the molecule is Cc1csc(=O)n1CCSc1nc2ccccc2s1. The van der Waals surface area contributed by atoms with Crippen LogP contribution in [0.15, 0.2) is 38.8 Å². The van der Waals surface area contributed by atoms with Gasteiger partial charge < -0.3 is 4.57 Å². The van der Waals surface area contributed by atoms with Crippen molar-refractivity contribution in [2.45, 2.75) is 17.8 Å². The highest BCUT2D eigenvalue weighted by Crippen LogP contribution is 2.29. The van der Waals surface area contributed by atoms with Crippen LogP contribution in [0.25, 0.3) is 10.2 Å². The number of thioether (sulfide) groups is 1. The normalized spacial score (nSPS) is 11.2. The molecule has 0 radical (unpaired) electrons. The highest BCUT2D eigenvalue weighted by atomic mass is 32.2. The predicted molar refractivity (Wildman–Crippen MR) is 83.7 cm³/mol. The molecule has 0 aliphatic rings. The van der Waals surface area contributed by atoms with Gasteiger partial charge in [-0.1, -0.05) is 35.2 Å². The van der Waals surface area contributed by atoms with Crippen molar-refractivity contribution in [1.29, 1.82) is 0 Å². The smallest absolute Gasteiger partial charge is 0.303 e. The predicted octanol–water partition coefficient (Wildman–Crippen LogP) is 3.62. The standard InChI is InChI=1S/C13H12N2OS3/c1-9-8-18-13(16)15(9)6-7-17-12-14-10-4-2-3-5-11(10)19-12/h2-5,8H,6-7H2,1H3. The molecule has 6 heteroatoms. The minimum Gasteiger partial charge on any atom is -0.303 e. The number of thiazole rings is 2. The summed E-state index contributed by atoms with van der Waals surface area (Å²) in [5, 5.41) is 1.91. The second kappa shape index (κ2) is 5.48. The first-order chi connectivity index (χ1) is 9.24. The Bertz CT molecular complexity index is 723. The van der Waals surface area contributed by atoms with Crippen molar-refractivity contribution in [3.63, 3.8) is 0 Å². The summed E-state index contributed by atoms with van der Waals surface area (Å²) in [7, 11) is 0. The maximum atomic E-state index is 11.6. The minimum atomic E-state index is 0.127. The number of aromatic nitrogens is 2. The summed E-state index contributed by atoms with van der Waals surface area (Å²) in [6.07, 6.45) is 0. The van der Waals surface area contributed by atoms with Gasteiger partial charge in [0.2, 0.25) is 0 Å². The van der Waals surface area contributed by atoms with Gasteiger partial charge in [0, 0.05) is 23.4 Å². The van der Waals surface area contributed by atoms with E-state index >= 15 is 0 Å². The van der Waals surface area contributed by atoms with Crippen molar-refractivity contribution >= 4 is 44.7 Å². The molecule has 3 aromatic rings. The molecule has 3 nitrogen and oxygen atoms in total. The maximum absolute atomic E-state index is 11.6. The summed E-state index contributed by atoms with van der Waals surface area (Å²) < 4.78 is 4.11. The average molecular weight is 308 g/mol. The van der Waals surface area contributed by atoms with Crippen molar-refractivity contribution in [2.75, 3.05) is 5.75 Å². The van der Waals surface area contributed by atoms with E-state index in [1.807, 2.05) is 35.1 Å². The van der Waals surface area contributed by atoms with Gasteiger partial charge in [-0.15, -0.1) is 11.3 Å². The molecule has 3 rings (SSSR count). The number of fused-ring (bicyclic) bond motifs is 1. The van der Waals surface area contributed by atoms with Gasteiger partial charge in [0.05, 0.1) is 10.2 Å². The molecule has 0 aliphatic carbocycles. The zero-order valence-electron chi connectivity index (χ0n) is 10.3. The maximum Gasteiger partial charge on any atom is 0.307 e. The molecule has 0 saturated heterocycles. The number of nitrogens with zero attached hydrogens (tertiary/aromatic N) is 2. The van der Waals surface area contributed by atoms with E-state index < -0.39 is 0 Å². The van der Waals surface area contributed by atoms with Gasteiger partial charge >= 0.3 is 4.87 Å². The number of benzene rings is 1. The van der Waals surface area contributed by atoms with Crippen molar-refractivity contribution in [3.05, 3.63) is 45.0 Å². The van der Waals surface area contributed by atoms with Crippen molar-refractivity contribution in [2.24, 2.45) is 0 Å². The Morgan fingerprint density at radius 3 is 2.95 bits per heavy atom. The van der Waals surface area contributed by atoms with Crippen LogP contribution in [0.4, 0.5) is 0 Å². The molecule has 0 fully saturated rings. The van der Waals surface area contributed by atoms with Gasteiger partial charge in [-0.3, -0.25) is 4.79 Å².